The van der Waals surface area contributed by atoms with Gasteiger partial charge in [0.05, 0.1) is 12.7 Å². The summed E-state index contributed by atoms with van der Waals surface area (Å²) < 4.78 is 2.02. The summed E-state index contributed by atoms with van der Waals surface area (Å²) in [6, 6.07) is 11.8. The third-order valence-corrected chi connectivity index (χ3v) is 3.85. The molecule has 21 heavy (non-hydrogen) atoms. The van der Waals surface area contributed by atoms with Crippen molar-refractivity contribution < 1.29 is 26.7 Å². The van der Waals surface area contributed by atoms with Crippen LogP contribution in [0.4, 0.5) is 5.95 Å². The first-order valence-corrected chi connectivity index (χ1v) is 7.15. The molecule has 1 aromatic heterocycles. The van der Waals surface area contributed by atoms with E-state index in [1.807, 2.05) is 52.1 Å². The minimum Gasteiger partial charge on any atom is -1.00 e. The van der Waals surface area contributed by atoms with E-state index in [2.05, 4.69) is 11.9 Å². The molecule has 112 valence electrons. The number of aromatic nitrogens is 2. The zero-order valence-corrected chi connectivity index (χ0v) is 13.7. The molecule has 1 aliphatic rings. The second kappa shape index (κ2) is 6.54. The Morgan fingerprint density at radius 3 is 2.76 bits per heavy atom. The summed E-state index contributed by atoms with van der Waals surface area (Å²) in [4.78, 5) is 6.46. The standard InChI is InChI=1S/C16H20N3O.BrH/c1-2-3-12-19-15-17-10-7-11-18(15)13-16(19,20)14-8-5-4-6-9-14;/h4-11,20H,2-3,12-13H2,1H3;1H/q+1;/p-1/t16-;/m1./s1. The van der Waals surface area contributed by atoms with E-state index in [1.165, 1.54) is 0 Å². The number of unbranched alkanes of at least 4 members (excludes halogenated alkanes) is 1. The van der Waals surface area contributed by atoms with Crippen molar-refractivity contribution in [2.24, 2.45) is 0 Å². The smallest absolute Gasteiger partial charge is 0.396 e. The molecular weight excluding hydrogens is 330 g/mol. The van der Waals surface area contributed by atoms with Crippen molar-refractivity contribution in [1.29, 1.82) is 0 Å². The summed E-state index contributed by atoms with van der Waals surface area (Å²) in [7, 11) is 0. The first-order chi connectivity index (χ1) is 9.75. The van der Waals surface area contributed by atoms with Gasteiger partial charge in [0.25, 0.3) is 0 Å². The SMILES string of the molecule is CCCCN1c2nccc[n+]2C[C@@]1(O)c1ccccc1.[Br-]. The van der Waals surface area contributed by atoms with Gasteiger partial charge < -0.3 is 22.1 Å². The van der Waals surface area contributed by atoms with Crippen LogP contribution in [0.15, 0.2) is 48.8 Å². The highest BCUT2D eigenvalue weighted by atomic mass is 79.9. The van der Waals surface area contributed by atoms with Crippen molar-refractivity contribution >= 4 is 5.95 Å². The van der Waals surface area contributed by atoms with Crippen LogP contribution in [0.25, 0.3) is 0 Å². The second-order valence-corrected chi connectivity index (χ2v) is 5.24. The Hall–Kier alpha value is -1.46. The van der Waals surface area contributed by atoms with Gasteiger partial charge in [-0.15, -0.1) is 0 Å². The minimum atomic E-state index is -1.00. The van der Waals surface area contributed by atoms with Crippen LogP contribution < -0.4 is 26.4 Å². The van der Waals surface area contributed by atoms with Gasteiger partial charge in [0.1, 0.15) is 12.7 Å². The van der Waals surface area contributed by atoms with Gasteiger partial charge in [0.15, 0.2) is 0 Å². The lowest BCUT2D eigenvalue weighted by atomic mass is 10.0. The normalized spacial score (nSPS) is 20.0. The Morgan fingerprint density at radius 2 is 2.05 bits per heavy atom. The van der Waals surface area contributed by atoms with Crippen molar-refractivity contribution in [3.63, 3.8) is 0 Å². The molecule has 0 amide bonds. The van der Waals surface area contributed by atoms with Crippen molar-refractivity contribution in [3.05, 3.63) is 54.4 Å². The van der Waals surface area contributed by atoms with Crippen molar-refractivity contribution in [1.82, 2.24) is 4.98 Å². The van der Waals surface area contributed by atoms with E-state index >= 15 is 0 Å². The molecule has 0 spiro atoms. The topological polar surface area (TPSA) is 40.2 Å². The second-order valence-electron chi connectivity index (χ2n) is 5.24. The molecule has 0 saturated carbocycles. The number of nitrogens with zero attached hydrogens (tertiary/aromatic N) is 3. The molecule has 1 aromatic carbocycles. The molecule has 1 atom stereocenters. The summed E-state index contributed by atoms with van der Waals surface area (Å²) in [5.74, 6) is 0.840. The first-order valence-electron chi connectivity index (χ1n) is 7.15. The predicted molar refractivity (Wildman–Crippen MR) is 77.0 cm³/mol. The van der Waals surface area contributed by atoms with Crippen LogP contribution in [-0.4, -0.2) is 16.6 Å². The fraction of sp³-hybridized carbons (Fsp3) is 0.375. The van der Waals surface area contributed by atoms with Crippen LogP contribution in [0.2, 0.25) is 0 Å². The van der Waals surface area contributed by atoms with Crippen molar-refractivity contribution in [3.8, 4) is 0 Å². The monoisotopic (exact) mass is 349 g/mol. The van der Waals surface area contributed by atoms with Crippen LogP contribution in [-0.2, 0) is 12.3 Å². The zero-order valence-electron chi connectivity index (χ0n) is 12.1. The average Bonchev–Trinajstić information content (AvgIpc) is 2.79. The maximum atomic E-state index is 11.2. The molecule has 1 aliphatic heterocycles. The zero-order chi connectivity index (χ0) is 14.0. The highest BCUT2D eigenvalue weighted by Crippen LogP contribution is 2.33. The van der Waals surface area contributed by atoms with Gasteiger partial charge in [0, 0.05) is 11.6 Å². The van der Waals surface area contributed by atoms with Gasteiger partial charge in [-0.1, -0.05) is 48.7 Å². The van der Waals surface area contributed by atoms with Gasteiger partial charge in [-0.3, -0.25) is 0 Å². The molecule has 1 N–H and O–H groups in total. The molecule has 5 heteroatoms. The van der Waals surface area contributed by atoms with Crippen LogP contribution in [0.3, 0.4) is 0 Å². The maximum Gasteiger partial charge on any atom is 0.396 e. The number of rotatable bonds is 4. The minimum absolute atomic E-state index is 0. The number of fused-ring (bicyclic) bond motifs is 1. The number of aliphatic hydroxyl groups is 1. The van der Waals surface area contributed by atoms with E-state index in [-0.39, 0.29) is 17.0 Å². The Bertz CT molecular complexity index is 593. The van der Waals surface area contributed by atoms with Gasteiger partial charge >= 0.3 is 5.95 Å². The third-order valence-electron chi connectivity index (χ3n) is 3.85. The summed E-state index contributed by atoms with van der Waals surface area (Å²) in [5, 5.41) is 11.2. The van der Waals surface area contributed by atoms with E-state index in [1.54, 1.807) is 6.20 Å². The number of hydrogen-bond acceptors (Lipinski definition) is 3. The quantitative estimate of drug-likeness (QED) is 0.708. The Labute approximate surface area is 135 Å². The highest BCUT2D eigenvalue weighted by Gasteiger charge is 2.50. The number of benzene rings is 1. The molecule has 0 fully saturated rings. The molecular formula is C16H20BrN3O. The van der Waals surface area contributed by atoms with Gasteiger partial charge in [-0.2, -0.15) is 0 Å². The number of hydrogen-bond donors (Lipinski definition) is 1. The van der Waals surface area contributed by atoms with E-state index in [0.717, 1.165) is 30.9 Å². The average molecular weight is 350 g/mol. The van der Waals surface area contributed by atoms with E-state index in [4.69, 9.17) is 0 Å². The Balaban J connectivity index is 0.00000161. The van der Waals surface area contributed by atoms with Crippen LogP contribution in [0.5, 0.6) is 0 Å². The largest absolute Gasteiger partial charge is 1.00 e. The van der Waals surface area contributed by atoms with Gasteiger partial charge in [-0.05, 0) is 6.42 Å². The fourth-order valence-corrected chi connectivity index (χ4v) is 2.78. The van der Waals surface area contributed by atoms with E-state index in [9.17, 15) is 5.11 Å². The lowest BCUT2D eigenvalue weighted by molar-refractivity contribution is -0.685. The molecule has 0 radical (unpaired) electrons. The van der Waals surface area contributed by atoms with Crippen molar-refractivity contribution in [2.75, 3.05) is 11.4 Å². The molecule has 0 bridgehead atoms. The molecule has 3 rings (SSSR count). The Kier molecular flexibility index (Phi) is 4.96. The molecule has 4 nitrogen and oxygen atoms in total. The van der Waals surface area contributed by atoms with Gasteiger partial charge in [-0.25, -0.2) is 9.47 Å². The molecule has 0 aliphatic carbocycles. The lowest BCUT2D eigenvalue weighted by Crippen LogP contribution is -3.00. The summed E-state index contributed by atoms with van der Waals surface area (Å²) in [6.07, 6.45) is 5.88. The third kappa shape index (κ3) is 2.80. The van der Waals surface area contributed by atoms with Crippen LogP contribution >= 0.6 is 0 Å². The molecule has 2 aromatic rings. The van der Waals surface area contributed by atoms with E-state index in [0.29, 0.717) is 6.54 Å². The maximum absolute atomic E-state index is 11.2. The molecule has 2 heterocycles. The fourth-order valence-electron chi connectivity index (χ4n) is 2.78. The predicted octanol–water partition coefficient (Wildman–Crippen LogP) is -1.16. The summed E-state index contributed by atoms with van der Waals surface area (Å²) in [5.41, 5.74) is -0.0840. The first kappa shape index (κ1) is 15.9. The summed E-state index contributed by atoms with van der Waals surface area (Å²) in [6.45, 7) is 3.48. The number of anilines is 1. The van der Waals surface area contributed by atoms with Crippen LogP contribution in [0.1, 0.15) is 25.3 Å². The van der Waals surface area contributed by atoms with E-state index < -0.39 is 5.72 Å². The highest BCUT2D eigenvalue weighted by molar-refractivity contribution is 5.37. The van der Waals surface area contributed by atoms with Crippen molar-refractivity contribution in [2.45, 2.75) is 32.0 Å². The van der Waals surface area contributed by atoms with Crippen LogP contribution in [0, 0.1) is 0 Å². The van der Waals surface area contributed by atoms with Gasteiger partial charge in [0.2, 0.25) is 5.72 Å². The summed E-state index contributed by atoms with van der Waals surface area (Å²) >= 11 is 0. The molecule has 0 saturated heterocycles. The molecule has 0 unspecified atom stereocenters. The Morgan fingerprint density at radius 1 is 1.29 bits per heavy atom. The number of halogens is 1. The lowest BCUT2D eigenvalue weighted by Gasteiger charge is -2.28.